The number of benzene rings is 1. The normalized spacial score (nSPS) is 15.7. The van der Waals surface area contributed by atoms with E-state index in [-0.39, 0.29) is 5.76 Å². The van der Waals surface area contributed by atoms with Crippen LogP contribution in [-0.2, 0) is 0 Å². The molecule has 0 spiro atoms. The molecule has 2 aromatic rings. The van der Waals surface area contributed by atoms with E-state index in [0.717, 1.165) is 5.22 Å². The average Bonchev–Trinajstić information content (AvgIpc) is 2.57. The average molecular weight is 369 g/mol. The Hall–Kier alpha value is -2.60. The zero-order chi connectivity index (χ0) is 16.2. The fourth-order valence-corrected chi connectivity index (χ4v) is 2.34. The molecule has 0 aliphatic carbocycles. The van der Waals surface area contributed by atoms with E-state index in [9.17, 15) is 5.11 Å². The molecule has 0 fully saturated rings. The Labute approximate surface area is 141 Å². The van der Waals surface area contributed by atoms with Gasteiger partial charge in [-0.2, -0.15) is 0 Å². The summed E-state index contributed by atoms with van der Waals surface area (Å²) in [5.74, 6) is 0.529. The standard InChI is InChI=1S/C17H13BrN4O/c1-12(23)13-5-7-14(8-6-13)16-17(19-11-15(18)20-16)21-22-9-3-2-4-10-22/h2-11H,1H3. The van der Waals surface area contributed by atoms with Gasteiger partial charge in [-0.25, -0.2) is 9.98 Å². The van der Waals surface area contributed by atoms with Crippen molar-refractivity contribution in [2.75, 3.05) is 0 Å². The van der Waals surface area contributed by atoms with Gasteiger partial charge >= 0.3 is 0 Å². The van der Waals surface area contributed by atoms with E-state index in [1.807, 2.05) is 42.7 Å². The third kappa shape index (κ3) is 3.60. The number of aromatic nitrogens is 1. The number of hydrogen-bond donors (Lipinski definition) is 0. The van der Waals surface area contributed by atoms with Gasteiger partial charge in [0, 0.05) is 22.5 Å². The van der Waals surface area contributed by atoms with E-state index < -0.39 is 0 Å². The lowest BCUT2D eigenvalue weighted by Crippen LogP contribution is -2.30. The highest BCUT2D eigenvalue weighted by atomic mass is 79.9. The van der Waals surface area contributed by atoms with Gasteiger partial charge in [0.15, 0.2) is 0 Å². The largest absolute Gasteiger partial charge is 0.875 e. The number of rotatable bonds is 1. The zero-order valence-electron chi connectivity index (χ0n) is 12.3. The molecule has 0 unspecified atom stereocenters. The fraction of sp³-hybridized carbons (Fsp3) is 0.0588. The summed E-state index contributed by atoms with van der Waals surface area (Å²) in [4.78, 5) is 8.82. The van der Waals surface area contributed by atoms with Crippen molar-refractivity contribution in [3.63, 3.8) is 0 Å². The SMILES string of the molecule is CC([O-])=c1ccc(=C2N=C(Br)C=N/C2=N\[n+]2ccccc2)cc1. The van der Waals surface area contributed by atoms with Gasteiger partial charge in [0.05, 0.1) is 6.21 Å². The van der Waals surface area contributed by atoms with Crippen LogP contribution in [0.2, 0.25) is 0 Å². The van der Waals surface area contributed by atoms with E-state index in [4.69, 9.17) is 0 Å². The number of amidine groups is 1. The summed E-state index contributed by atoms with van der Waals surface area (Å²) < 4.78 is 2.30. The van der Waals surface area contributed by atoms with Crippen LogP contribution in [-0.4, -0.2) is 16.7 Å². The highest BCUT2D eigenvalue weighted by Crippen LogP contribution is 2.09. The number of halogens is 1. The Morgan fingerprint density at radius 2 is 1.83 bits per heavy atom. The number of aliphatic imine (C=N–C) groups is 2. The van der Waals surface area contributed by atoms with Crippen molar-refractivity contribution in [1.29, 1.82) is 0 Å². The van der Waals surface area contributed by atoms with Crippen LogP contribution in [0.3, 0.4) is 0 Å². The molecule has 0 N–H and O–H groups in total. The molecule has 3 rings (SSSR count). The fourth-order valence-electron chi connectivity index (χ4n) is 2.06. The van der Waals surface area contributed by atoms with Gasteiger partial charge in [-0.3, -0.25) is 0 Å². The van der Waals surface area contributed by atoms with Crippen molar-refractivity contribution in [3.8, 4) is 0 Å². The molecule has 1 aromatic heterocycles. The molecule has 23 heavy (non-hydrogen) atoms. The van der Waals surface area contributed by atoms with E-state index >= 15 is 0 Å². The molecule has 2 heterocycles. The quantitative estimate of drug-likeness (QED) is 0.668. The lowest BCUT2D eigenvalue weighted by atomic mass is 10.2. The molecule has 114 valence electrons. The minimum absolute atomic E-state index is 0.0293. The Morgan fingerprint density at radius 1 is 1.13 bits per heavy atom. The highest BCUT2D eigenvalue weighted by molar-refractivity contribution is 9.19. The van der Waals surface area contributed by atoms with Gasteiger partial charge in [-0.15, -0.1) is 5.76 Å². The van der Waals surface area contributed by atoms with E-state index in [1.54, 1.807) is 29.9 Å². The van der Waals surface area contributed by atoms with Crippen LogP contribution in [0.25, 0.3) is 11.5 Å². The van der Waals surface area contributed by atoms with Crippen LogP contribution in [0, 0.1) is 0 Å². The highest BCUT2D eigenvalue weighted by Gasteiger charge is 2.15. The number of hydrogen-bond acceptors (Lipinski definition) is 3. The Balaban J connectivity index is 2.17. The maximum Gasteiger partial charge on any atom is 0.246 e. The summed E-state index contributed by atoms with van der Waals surface area (Å²) in [5, 5.41) is 17.4. The lowest BCUT2D eigenvalue weighted by Gasteiger charge is -2.06. The molecule has 0 radical (unpaired) electrons. The third-order valence-electron chi connectivity index (χ3n) is 3.20. The maximum atomic E-state index is 11.4. The van der Waals surface area contributed by atoms with Crippen LogP contribution in [0.5, 0.6) is 0 Å². The zero-order valence-corrected chi connectivity index (χ0v) is 13.9. The molecule has 1 aromatic carbocycles. The van der Waals surface area contributed by atoms with Crippen LogP contribution in [0.1, 0.15) is 6.92 Å². The predicted molar refractivity (Wildman–Crippen MR) is 92.5 cm³/mol. The van der Waals surface area contributed by atoms with Crippen LogP contribution in [0.4, 0.5) is 0 Å². The Morgan fingerprint density at radius 3 is 2.48 bits per heavy atom. The molecule has 0 amide bonds. The molecule has 1 aliphatic rings. The van der Waals surface area contributed by atoms with Crippen molar-refractivity contribution in [1.82, 2.24) is 0 Å². The van der Waals surface area contributed by atoms with Crippen molar-refractivity contribution >= 4 is 44.1 Å². The first-order valence-corrected chi connectivity index (χ1v) is 7.75. The van der Waals surface area contributed by atoms with Crippen molar-refractivity contribution < 1.29 is 9.78 Å². The van der Waals surface area contributed by atoms with Crippen molar-refractivity contribution in [3.05, 3.63) is 65.3 Å². The van der Waals surface area contributed by atoms with Gasteiger partial charge in [-0.05, 0) is 21.1 Å². The van der Waals surface area contributed by atoms with Crippen LogP contribution < -0.4 is 20.2 Å². The van der Waals surface area contributed by atoms with Gasteiger partial charge in [-0.1, -0.05) is 41.9 Å². The van der Waals surface area contributed by atoms with Crippen molar-refractivity contribution in [2.24, 2.45) is 15.1 Å². The first-order chi connectivity index (χ1) is 11.1. The van der Waals surface area contributed by atoms with Crippen molar-refractivity contribution in [2.45, 2.75) is 6.92 Å². The first kappa shape index (κ1) is 15.3. The Kier molecular flexibility index (Phi) is 4.43. The van der Waals surface area contributed by atoms with Crippen LogP contribution >= 0.6 is 15.9 Å². The minimum Gasteiger partial charge on any atom is -0.875 e. The van der Waals surface area contributed by atoms with Gasteiger partial charge < -0.3 is 5.11 Å². The van der Waals surface area contributed by atoms with Gasteiger partial charge in [0.1, 0.15) is 10.3 Å². The smallest absolute Gasteiger partial charge is 0.246 e. The van der Waals surface area contributed by atoms with Gasteiger partial charge in [0.2, 0.25) is 18.2 Å². The van der Waals surface area contributed by atoms with E-state index in [1.165, 1.54) is 0 Å². The summed E-state index contributed by atoms with van der Waals surface area (Å²) in [6.07, 6.45) is 5.26. The summed E-state index contributed by atoms with van der Waals surface area (Å²) in [5.41, 5.74) is 0.644. The molecule has 0 atom stereocenters. The second-order valence-corrected chi connectivity index (χ2v) is 5.67. The maximum absolute atomic E-state index is 11.4. The Bertz CT molecular complexity index is 919. The predicted octanol–water partition coefficient (Wildman–Crippen LogP) is 0.310. The molecule has 0 saturated heterocycles. The number of pyridine rings is 1. The van der Waals surface area contributed by atoms with Gasteiger partial charge in [0.25, 0.3) is 0 Å². The summed E-state index contributed by atoms with van der Waals surface area (Å²) >= 11 is 3.34. The molecular weight excluding hydrogens is 356 g/mol. The topological polar surface area (TPSA) is 64.0 Å². The number of nitrogens with zero attached hydrogens (tertiary/aromatic N) is 4. The third-order valence-corrected chi connectivity index (χ3v) is 3.58. The summed E-state index contributed by atoms with van der Waals surface area (Å²) in [6, 6.07) is 12.9. The molecule has 0 saturated carbocycles. The second kappa shape index (κ2) is 6.66. The van der Waals surface area contributed by atoms with E-state index in [2.05, 4.69) is 31.0 Å². The minimum atomic E-state index is 0.0293. The molecule has 5 nitrogen and oxygen atoms in total. The summed E-state index contributed by atoms with van der Waals surface area (Å²) in [7, 11) is 0. The second-order valence-electron chi connectivity index (χ2n) is 4.85. The lowest BCUT2D eigenvalue weighted by molar-refractivity contribution is -0.678. The first-order valence-electron chi connectivity index (χ1n) is 6.96. The van der Waals surface area contributed by atoms with E-state index in [0.29, 0.717) is 21.4 Å². The summed E-state index contributed by atoms with van der Waals surface area (Å²) in [6.45, 7) is 1.54. The molecular formula is C17H13BrN4O. The molecule has 1 aliphatic heterocycles. The van der Waals surface area contributed by atoms with Crippen LogP contribution in [0.15, 0.2) is 69.9 Å². The molecule has 0 bridgehead atoms. The molecule has 6 heteroatoms. The monoisotopic (exact) mass is 368 g/mol.